The third-order valence-corrected chi connectivity index (χ3v) is 3.87. The van der Waals surface area contributed by atoms with Crippen molar-refractivity contribution in [1.29, 1.82) is 0 Å². The van der Waals surface area contributed by atoms with Crippen LogP contribution in [0.2, 0.25) is 0 Å². The van der Waals surface area contributed by atoms with E-state index < -0.39 is 7.82 Å². The van der Waals surface area contributed by atoms with Gasteiger partial charge in [0, 0.05) is 6.61 Å². The van der Waals surface area contributed by atoms with E-state index in [-0.39, 0.29) is 72.3 Å². The normalized spacial score (nSPS) is 10.9. The molecule has 0 amide bonds. The van der Waals surface area contributed by atoms with Crippen LogP contribution in [0.15, 0.2) is 0 Å². The molecular formula is C15H31Na2O5P. The number of phosphoric acid groups is 1. The second kappa shape index (κ2) is 22.1. The summed E-state index contributed by atoms with van der Waals surface area (Å²) >= 11 is 0. The molecule has 0 rings (SSSR count). The zero-order chi connectivity index (χ0) is 15.8. The molecule has 0 aromatic heterocycles. The first-order valence-corrected chi connectivity index (χ1v) is 9.76. The molecule has 0 aromatic rings. The van der Waals surface area contributed by atoms with Crippen LogP contribution in [0.1, 0.15) is 77.6 Å². The summed E-state index contributed by atoms with van der Waals surface area (Å²) in [6, 6.07) is 0. The van der Waals surface area contributed by atoms with Crippen LogP contribution in [-0.2, 0) is 13.8 Å². The van der Waals surface area contributed by atoms with Gasteiger partial charge in [0.05, 0.1) is 21.0 Å². The number of rotatable bonds is 16. The minimum atomic E-state index is -4.83. The van der Waals surface area contributed by atoms with Crippen LogP contribution in [0, 0.1) is 0 Å². The monoisotopic (exact) mass is 368 g/mol. The van der Waals surface area contributed by atoms with Gasteiger partial charge in [0.15, 0.2) is 0 Å². The predicted molar refractivity (Wildman–Crippen MR) is 80.8 cm³/mol. The van der Waals surface area contributed by atoms with Crippen molar-refractivity contribution in [3.05, 3.63) is 0 Å². The third kappa shape index (κ3) is 29.1. The average Bonchev–Trinajstić information content (AvgIpc) is 2.42. The van der Waals surface area contributed by atoms with Gasteiger partial charge < -0.3 is 23.6 Å². The van der Waals surface area contributed by atoms with Crippen molar-refractivity contribution >= 4 is 7.82 Å². The zero-order valence-corrected chi connectivity index (χ0v) is 20.3. The molecule has 0 heterocycles. The van der Waals surface area contributed by atoms with E-state index in [1.807, 2.05) is 0 Å². The Morgan fingerprint density at radius 2 is 1.13 bits per heavy atom. The number of ether oxygens (including phenoxy) is 1. The van der Waals surface area contributed by atoms with E-state index in [0.29, 0.717) is 6.61 Å². The van der Waals surface area contributed by atoms with Crippen molar-refractivity contribution in [1.82, 2.24) is 0 Å². The van der Waals surface area contributed by atoms with Crippen LogP contribution in [-0.4, -0.2) is 19.8 Å². The minimum Gasteiger partial charge on any atom is -0.790 e. The number of hydrogen-bond donors (Lipinski definition) is 0. The fourth-order valence-electron chi connectivity index (χ4n) is 2.18. The number of phosphoric ester groups is 1. The van der Waals surface area contributed by atoms with Gasteiger partial charge in [-0.25, -0.2) is 0 Å². The summed E-state index contributed by atoms with van der Waals surface area (Å²) in [6.07, 6.45) is 14.1. The molecule has 0 N–H and O–H groups in total. The smallest absolute Gasteiger partial charge is 0.790 e. The zero-order valence-electron chi connectivity index (χ0n) is 15.4. The third-order valence-electron chi connectivity index (χ3n) is 3.37. The van der Waals surface area contributed by atoms with E-state index >= 15 is 0 Å². The Kier molecular flexibility index (Phi) is 28.7. The fourth-order valence-corrected chi connectivity index (χ4v) is 2.48. The Morgan fingerprint density at radius 1 is 0.696 bits per heavy atom. The van der Waals surface area contributed by atoms with E-state index in [9.17, 15) is 14.4 Å². The van der Waals surface area contributed by atoms with E-state index in [0.717, 1.165) is 12.8 Å². The summed E-state index contributed by atoms with van der Waals surface area (Å²) in [5.74, 6) is 0. The molecule has 8 heteroatoms. The van der Waals surface area contributed by atoms with Crippen LogP contribution < -0.4 is 68.9 Å². The molecule has 0 saturated heterocycles. The van der Waals surface area contributed by atoms with Gasteiger partial charge in [0.25, 0.3) is 0 Å². The molecule has 0 saturated carbocycles. The maximum atomic E-state index is 10.2. The van der Waals surface area contributed by atoms with Gasteiger partial charge in [0.1, 0.15) is 0 Å². The van der Waals surface area contributed by atoms with Crippen LogP contribution in [0.4, 0.5) is 0 Å². The number of unbranched alkanes of at least 4 members (excludes halogenated alkanes) is 10. The second-order valence-electron chi connectivity index (χ2n) is 5.43. The summed E-state index contributed by atoms with van der Waals surface area (Å²) in [6.45, 7) is 2.82. The summed E-state index contributed by atoms with van der Waals surface area (Å²) < 4.78 is 19.4. The van der Waals surface area contributed by atoms with Gasteiger partial charge in [0.2, 0.25) is 0 Å². The first kappa shape index (κ1) is 29.8. The molecule has 0 aromatic carbocycles. The Morgan fingerprint density at radius 3 is 1.57 bits per heavy atom. The van der Waals surface area contributed by atoms with Gasteiger partial charge in [-0.05, 0) is 6.42 Å². The van der Waals surface area contributed by atoms with Gasteiger partial charge >= 0.3 is 59.1 Å². The van der Waals surface area contributed by atoms with Crippen LogP contribution in [0.5, 0.6) is 0 Å². The minimum absolute atomic E-state index is 0. The van der Waals surface area contributed by atoms with Gasteiger partial charge in [-0.15, -0.1) is 0 Å². The van der Waals surface area contributed by atoms with E-state index in [1.54, 1.807) is 0 Å². The van der Waals surface area contributed by atoms with Crippen molar-refractivity contribution < 1.29 is 82.7 Å². The van der Waals surface area contributed by atoms with Crippen LogP contribution >= 0.6 is 7.82 Å². The van der Waals surface area contributed by atoms with Crippen molar-refractivity contribution in [2.45, 2.75) is 77.6 Å². The molecule has 0 atom stereocenters. The quantitative estimate of drug-likeness (QED) is 0.167. The molecule has 0 radical (unpaired) electrons. The predicted octanol–water partition coefficient (Wildman–Crippen LogP) is -2.83. The molecule has 0 bridgehead atoms. The molecule has 5 nitrogen and oxygen atoms in total. The van der Waals surface area contributed by atoms with Crippen molar-refractivity contribution in [3.63, 3.8) is 0 Å². The Bertz CT molecular complexity index is 264. The van der Waals surface area contributed by atoms with Gasteiger partial charge in [-0.2, -0.15) is 0 Å². The fraction of sp³-hybridized carbons (Fsp3) is 1.00. The van der Waals surface area contributed by atoms with Crippen LogP contribution in [0.25, 0.3) is 0 Å². The van der Waals surface area contributed by atoms with E-state index in [2.05, 4.69) is 11.4 Å². The maximum absolute atomic E-state index is 10.2. The summed E-state index contributed by atoms with van der Waals surface area (Å²) in [4.78, 5) is 20.3. The standard InChI is InChI=1S/C15H33O5P.2Na/c1-2-3-4-5-6-7-8-9-10-11-12-13-19-14-15-20-21(16,17)18;;/h2-15H2,1H3,(H2,16,17,18);;/q;2*+1/p-2. The second-order valence-corrected chi connectivity index (χ2v) is 6.58. The van der Waals surface area contributed by atoms with Crippen molar-refractivity contribution in [2.24, 2.45) is 0 Å². The Balaban J connectivity index is -0.00000200. The van der Waals surface area contributed by atoms with E-state index in [4.69, 9.17) is 4.74 Å². The Hall–Kier alpha value is 2.07. The van der Waals surface area contributed by atoms with E-state index in [1.165, 1.54) is 57.8 Å². The molecule has 0 unspecified atom stereocenters. The van der Waals surface area contributed by atoms with Crippen molar-refractivity contribution in [3.8, 4) is 0 Å². The number of hydrogen-bond acceptors (Lipinski definition) is 5. The van der Waals surface area contributed by atoms with Gasteiger partial charge in [-0.1, -0.05) is 71.1 Å². The first-order chi connectivity index (χ1) is 10.1. The average molecular weight is 368 g/mol. The van der Waals surface area contributed by atoms with Gasteiger partial charge in [-0.3, -0.25) is 0 Å². The Labute approximate surface area is 186 Å². The molecule has 0 fully saturated rings. The molecule has 23 heavy (non-hydrogen) atoms. The van der Waals surface area contributed by atoms with Crippen molar-refractivity contribution in [2.75, 3.05) is 19.8 Å². The maximum Gasteiger partial charge on any atom is 1.00 e. The molecule has 0 aliphatic heterocycles. The molecule has 0 aliphatic rings. The van der Waals surface area contributed by atoms with Crippen LogP contribution in [0.3, 0.4) is 0 Å². The molecular weight excluding hydrogens is 337 g/mol. The molecule has 0 spiro atoms. The summed E-state index contributed by atoms with van der Waals surface area (Å²) in [5.41, 5.74) is 0. The molecule has 0 aliphatic carbocycles. The topological polar surface area (TPSA) is 81.7 Å². The summed E-state index contributed by atoms with van der Waals surface area (Å²) in [5, 5.41) is 0. The first-order valence-electron chi connectivity index (χ1n) is 8.30. The summed E-state index contributed by atoms with van der Waals surface area (Å²) in [7, 11) is -4.83. The SMILES string of the molecule is CCCCCCCCCCCCCOCCOP(=O)([O-])[O-].[Na+].[Na+]. The molecule has 128 valence electrons. The largest absolute Gasteiger partial charge is 1.00 e.